The molecule has 126 heavy (non-hydrogen) atoms. The fraction of sp³-hybridized carbons (Fsp3) is 0.673. The Labute approximate surface area is 792 Å². The van der Waals surface area contributed by atoms with Crippen LogP contribution in [0.15, 0.2) is 14.7 Å². The molecular formula is C98H152Cl4N12O8S4+2. The number of nitrogens with zero attached hydrogens (tertiary/aromatic N) is 10. The van der Waals surface area contributed by atoms with Gasteiger partial charge in [0.2, 0.25) is 0 Å². The van der Waals surface area contributed by atoms with Gasteiger partial charge in [-0.3, -0.25) is 4.48 Å². The van der Waals surface area contributed by atoms with Crippen LogP contribution in [-0.2, 0) is 0 Å². The second kappa shape index (κ2) is 49.7. The van der Waals surface area contributed by atoms with E-state index < -0.39 is 0 Å². The van der Waals surface area contributed by atoms with Gasteiger partial charge in [0.1, 0.15) is 59.9 Å². The lowest BCUT2D eigenvalue weighted by Gasteiger charge is -2.38. The molecule has 3 aromatic heterocycles. The van der Waals surface area contributed by atoms with Crippen molar-refractivity contribution in [2.75, 3.05) is 168 Å². The number of fused-ring (bicyclic) bond motifs is 20. The van der Waals surface area contributed by atoms with Crippen molar-refractivity contribution >= 4 is 143 Å². The van der Waals surface area contributed by atoms with Crippen LogP contribution in [0.1, 0.15) is 218 Å². The standard InChI is InChI=1S/C98H152Cl4N12O8S4/c1-27-111(28-2)43-55-124-88-76(100)81(116-48-36-60(11)12)68-72(85(88)120-52-40-64(19)20)97-106-92(68)104-95-71-67(80(115-47-35-59(9)10)75(99)79(84(71)119-51-39-63(17)18)114(33-7,34-8)46-57-123-26)91(103-95)105-96-73-69(82(117-49-37-61(13)14)77(101)89(86(73)121-53-41-65(21)22)125-56-44-112(29-3)30-4)93(107-96)109-98-74-70(94(108-97)110-98)83(118-50-38-62(15)16)78(102)90(87(74)122-54-42-66(23)24)126-58-45-113(25,31-5)32-6/h59-66H,27-58H2,1-26H3,(H2,103,104,105,106,107,108,109,110)/q+2. The van der Waals surface area contributed by atoms with Gasteiger partial charge in [-0.05, 0) is 159 Å². The molecule has 0 aliphatic carbocycles. The summed E-state index contributed by atoms with van der Waals surface area (Å²) in [6, 6.07) is 0. The number of aromatic amines is 2. The Kier molecular flexibility index (Phi) is 41.3. The smallest absolute Gasteiger partial charge is 0.198 e. The zero-order valence-electron chi connectivity index (χ0n) is 81.1. The summed E-state index contributed by atoms with van der Waals surface area (Å²) < 4.78 is 60.9. The van der Waals surface area contributed by atoms with Crippen LogP contribution in [0.25, 0.3) is 89.7 Å². The first kappa shape index (κ1) is 105. The second-order valence-corrected chi connectivity index (χ2v) is 43.0. The highest BCUT2D eigenvalue weighted by Gasteiger charge is 2.44. The van der Waals surface area contributed by atoms with Crippen molar-refractivity contribution in [1.29, 1.82) is 0 Å². The Morgan fingerprint density at radius 3 is 0.905 bits per heavy atom. The van der Waals surface area contributed by atoms with Gasteiger partial charge in [-0.1, -0.05) is 185 Å². The zero-order valence-corrected chi connectivity index (χ0v) is 87.4. The van der Waals surface area contributed by atoms with Crippen molar-refractivity contribution in [3.05, 3.63) is 20.1 Å². The molecule has 0 atom stereocenters. The highest BCUT2D eigenvalue weighted by Crippen LogP contribution is 2.61. The molecule has 0 amide bonds. The van der Waals surface area contributed by atoms with Gasteiger partial charge in [-0.2, -0.15) is 11.8 Å². The molecule has 702 valence electrons. The Balaban J connectivity index is 1.74. The number of H-pyrrole nitrogens is 2. The van der Waals surface area contributed by atoms with E-state index in [4.69, 9.17) is 114 Å². The number of aromatic nitrogens is 8. The molecule has 0 spiro atoms. The zero-order chi connectivity index (χ0) is 92.0. The average molecular weight is 1900 g/mol. The average Bonchev–Trinajstić information content (AvgIpc) is 1.53. The van der Waals surface area contributed by atoms with Gasteiger partial charge < -0.3 is 62.1 Å². The van der Waals surface area contributed by atoms with Crippen molar-refractivity contribution in [2.45, 2.75) is 232 Å². The van der Waals surface area contributed by atoms with E-state index in [9.17, 15) is 0 Å². The van der Waals surface area contributed by atoms with Crippen LogP contribution in [0.5, 0.6) is 46.0 Å². The summed E-state index contributed by atoms with van der Waals surface area (Å²) in [6.45, 7) is 65.7. The number of benzene rings is 4. The number of hydrogen-bond donors (Lipinski definition) is 2. The number of thioether (sulfide) groups is 4. The molecule has 2 N–H and O–H groups in total. The molecule has 20 nitrogen and oxygen atoms in total. The Hall–Kier alpha value is -4.96. The van der Waals surface area contributed by atoms with E-state index in [-0.39, 0.29) is 70.6 Å². The molecule has 7 aromatic rings. The first-order valence-electron chi connectivity index (χ1n) is 47.2. The fourth-order valence-electron chi connectivity index (χ4n) is 15.2. The Morgan fingerprint density at radius 2 is 0.587 bits per heavy atom. The van der Waals surface area contributed by atoms with Crippen LogP contribution < -0.4 is 42.4 Å². The molecule has 2 aliphatic heterocycles. The van der Waals surface area contributed by atoms with E-state index in [1.165, 1.54) is 0 Å². The molecule has 0 saturated heterocycles. The van der Waals surface area contributed by atoms with Gasteiger partial charge >= 0.3 is 0 Å². The predicted octanol–water partition coefficient (Wildman–Crippen LogP) is 27.0. The number of ether oxygens (including phenoxy) is 8. The van der Waals surface area contributed by atoms with Crippen molar-refractivity contribution in [3.8, 4) is 91.5 Å². The predicted molar refractivity (Wildman–Crippen MR) is 542 cm³/mol. The van der Waals surface area contributed by atoms with Gasteiger partial charge in [-0.15, -0.1) is 35.3 Å². The van der Waals surface area contributed by atoms with Gasteiger partial charge in [-0.25, -0.2) is 29.9 Å². The van der Waals surface area contributed by atoms with Crippen LogP contribution in [0.2, 0.25) is 20.1 Å². The number of hydrogen-bond acceptors (Lipinski definition) is 20. The van der Waals surface area contributed by atoms with E-state index in [2.05, 4.69) is 199 Å². The van der Waals surface area contributed by atoms with Crippen molar-refractivity contribution in [2.24, 2.45) is 47.3 Å². The van der Waals surface area contributed by atoms with Crippen LogP contribution in [0.4, 0.5) is 5.69 Å². The Morgan fingerprint density at radius 1 is 0.317 bits per heavy atom. The molecule has 0 unspecified atom stereocenters. The van der Waals surface area contributed by atoms with E-state index in [0.29, 0.717) is 241 Å². The highest BCUT2D eigenvalue weighted by atomic mass is 35.5. The van der Waals surface area contributed by atoms with Gasteiger partial charge in [0.05, 0.1) is 158 Å². The summed E-state index contributed by atoms with van der Waals surface area (Å²) in [4.78, 5) is 50.9. The second-order valence-electron chi connectivity index (χ2n) is 37.2. The summed E-state index contributed by atoms with van der Waals surface area (Å²) in [7, 11) is 2.31. The number of nitrogens with one attached hydrogen (secondary N) is 2. The highest BCUT2D eigenvalue weighted by molar-refractivity contribution is 8.00. The van der Waals surface area contributed by atoms with Gasteiger partial charge in [0.15, 0.2) is 57.7 Å². The first-order valence-corrected chi connectivity index (χ1v) is 53.0. The monoisotopic (exact) mass is 1890 g/mol. The molecule has 0 saturated carbocycles. The Bertz CT molecular complexity index is 4850. The summed E-state index contributed by atoms with van der Waals surface area (Å²) in [6.07, 6.45) is 7.95. The summed E-state index contributed by atoms with van der Waals surface area (Å²) in [5.74, 6) is 9.82. The van der Waals surface area contributed by atoms with Crippen LogP contribution >= 0.6 is 93.5 Å². The fourth-order valence-corrected chi connectivity index (χ4v) is 20.7. The van der Waals surface area contributed by atoms with Crippen LogP contribution in [0, 0.1) is 47.3 Å². The molecular weight excluding hydrogens is 1740 g/mol. The molecule has 0 fully saturated rings. The largest absolute Gasteiger partial charge is 0.492 e. The van der Waals surface area contributed by atoms with E-state index in [0.717, 1.165) is 126 Å². The molecule has 5 heterocycles. The molecule has 4 aromatic carbocycles. The minimum Gasteiger partial charge on any atom is -0.492 e. The van der Waals surface area contributed by atoms with Gasteiger partial charge in [0.25, 0.3) is 0 Å². The molecule has 28 heteroatoms. The van der Waals surface area contributed by atoms with Crippen molar-refractivity contribution in [3.63, 3.8) is 0 Å². The van der Waals surface area contributed by atoms with E-state index in [1.54, 1.807) is 47.0 Å². The van der Waals surface area contributed by atoms with E-state index in [1.807, 2.05) is 0 Å². The third-order valence-corrected chi connectivity index (χ3v) is 29.9. The molecule has 2 aliphatic rings. The van der Waals surface area contributed by atoms with Gasteiger partial charge in [0, 0.05) is 36.1 Å². The number of quaternary nitrogens is 2. The SMILES string of the molecule is CCN(CC)CCSc1c(Cl)c(OCCC(C)C)c2c3nc4nc(nc5[nH]c(nc6nc(nc([nH]3)c2c1OCCC(C)C)-c1c(OCCC(C)C)c(Cl)c(SCC[N+](C)(CC)CC)c(OCCC(C)C)c1-6)c1c(OCCC(C)C)c(Cl)c(SCCN(CC)CC)c(OCCC(C)C)c51)-c1c(OCCC(C)C)c(Cl)c([N+](CC)(CC)CCSC)c(OCCC(C)C)c1-4. The van der Waals surface area contributed by atoms with E-state index >= 15 is 0 Å². The van der Waals surface area contributed by atoms with Crippen molar-refractivity contribution in [1.82, 2.24) is 54.2 Å². The maximum atomic E-state index is 8.51. The normalized spacial score (nSPS) is 12.6. The molecule has 0 radical (unpaired) electrons. The van der Waals surface area contributed by atoms with Crippen molar-refractivity contribution < 1.29 is 42.4 Å². The lowest BCUT2D eigenvalue weighted by Crippen LogP contribution is -2.51. The summed E-state index contributed by atoms with van der Waals surface area (Å²) >= 11 is 40.2. The minimum atomic E-state index is 0.234. The maximum Gasteiger partial charge on any atom is 0.198 e. The third kappa shape index (κ3) is 25.9. The third-order valence-electron chi connectivity index (χ3n) is 24.3. The lowest BCUT2D eigenvalue weighted by atomic mass is 10.0. The number of halogens is 4. The lowest BCUT2D eigenvalue weighted by molar-refractivity contribution is -0.903. The maximum absolute atomic E-state index is 8.51. The summed E-state index contributed by atoms with van der Waals surface area (Å²) in [5, 5.41) is 3.78. The molecule has 8 bridgehead atoms. The topological polar surface area (TPSA) is 189 Å². The van der Waals surface area contributed by atoms with Crippen LogP contribution in [-0.4, -0.2) is 222 Å². The quantitative estimate of drug-likeness (QED) is 0.0270. The number of rotatable bonds is 56. The van der Waals surface area contributed by atoms with Crippen LogP contribution in [0.3, 0.4) is 0 Å². The first-order chi connectivity index (χ1) is 60.2. The minimum absolute atomic E-state index is 0.234. The molecule has 9 rings (SSSR count). The summed E-state index contributed by atoms with van der Waals surface area (Å²) in [5.41, 5.74) is 4.21.